The lowest BCUT2D eigenvalue weighted by atomic mass is 9.94. The number of hydrogen-bond acceptors (Lipinski definition) is 8. The summed E-state index contributed by atoms with van der Waals surface area (Å²) in [5.41, 5.74) is 2.00. The first kappa shape index (κ1) is 24.0. The molecule has 0 bridgehead atoms. The minimum absolute atomic E-state index is 0.288. The smallest absolute Gasteiger partial charge is 0.338 e. The summed E-state index contributed by atoms with van der Waals surface area (Å²) in [4.78, 5) is 19.4. The van der Waals surface area contributed by atoms with Gasteiger partial charge in [0.1, 0.15) is 19.0 Å². The van der Waals surface area contributed by atoms with Gasteiger partial charge in [-0.2, -0.15) is 0 Å². The second-order valence-electron chi connectivity index (χ2n) is 7.36. The van der Waals surface area contributed by atoms with E-state index in [0.29, 0.717) is 46.8 Å². The Morgan fingerprint density at radius 3 is 2.62 bits per heavy atom. The second-order valence-corrected chi connectivity index (χ2v) is 8.64. The lowest BCUT2D eigenvalue weighted by Gasteiger charge is -2.33. The Kier molecular flexibility index (Phi) is 7.70. The number of methoxy groups -OCH3 is 1. The van der Waals surface area contributed by atoms with Crippen LogP contribution < -0.4 is 14.2 Å². The largest absolute Gasteiger partial charge is 0.493 e. The number of ether oxygens (including phenoxy) is 4. The summed E-state index contributed by atoms with van der Waals surface area (Å²) in [7, 11) is 1.58. The van der Waals surface area contributed by atoms with Crippen LogP contribution in [0.5, 0.6) is 17.2 Å². The molecule has 2 heterocycles. The Morgan fingerprint density at radius 1 is 1.12 bits per heavy atom. The number of rotatable bonds is 9. The van der Waals surface area contributed by atoms with Crippen molar-refractivity contribution in [3.05, 3.63) is 75.9 Å². The van der Waals surface area contributed by atoms with E-state index in [0.717, 1.165) is 10.7 Å². The highest BCUT2D eigenvalue weighted by molar-refractivity contribution is 8.16. The first-order chi connectivity index (χ1) is 16.5. The molecular weight excluding hydrogens is 476 g/mol. The summed E-state index contributed by atoms with van der Waals surface area (Å²) in [5, 5.41) is 3.31. The lowest BCUT2D eigenvalue weighted by molar-refractivity contribution is -0.139. The second kappa shape index (κ2) is 10.9. The van der Waals surface area contributed by atoms with E-state index in [1.165, 1.54) is 11.8 Å². The minimum atomic E-state index is -0.385. The molecule has 1 atom stereocenters. The van der Waals surface area contributed by atoms with Gasteiger partial charge in [0.25, 0.3) is 0 Å². The van der Waals surface area contributed by atoms with Crippen LogP contribution in [0.1, 0.15) is 25.5 Å². The Morgan fingerprint density at radius 2 is 1.88 bits per heavy atom. The Bertz CT molecular complexity index is 1160. The van der Waals surface area contributed by atoms with Crippen molar-refractivity contribution >= 4 is 34.5 Å². The molecule has 34 heavy (non-hydrogen) atoms. The van der Waals surface area contributed by atoms with Crippen LogP contribution in [0.3, 0.4) is 0 Å². The molecule has 2 aromatic rings. The number of hydrogen-bond donors (Lipinski definition) is 0. The average Bonchev–Trinajstić information content (AvgIpc) is 3.30. The number of allylic oxidation sites excluding steroid dienone is 1. The monoisotopic (exact) mass is 500 g/mol. The molecule has 0 N–H and O–H groups in total. The van der Waals surface area contributed by atoms with Crippen LogP contribution in [0.25, 0.3) is 0 Å². The summed E-state index contributed by atoms with van der Waals surface area (Å²) in [5.74, 6) is 1.35. The zero-order valence-electron chi connectivity index (χ0n) is 19.1. The quantitative estimate of drug-likeness (QED) is 0.329. The highest BCUT2D eigenvalue weighted by atomic mass is 35.5. The van der Waals surface area contributed by atoms with Crippen LogP contribution >= 0.6 is 23.4 Å². The molecular formula is C25H25ClN2O5S. The maximum absolute atomic E-state index is 12.8. The van der Waals surface area contributed by atoms with Crippen molar-refractivity contribution in [2.24, 2.45) is 4.99 Å². The van der Waals surface area contributed by atoms with Crippen LogP contribution in [-0.2, 0) is 9.53 Å². The van der Waals surface area contributed by atoms with E-state index < -0.39 is 0 Å². The van der Waals surface area contributed by atoms with Crippen molar-refractivity contribution in [3.8, 4) is 17.2 Å². The first-order valence-corrected chi connectivity index (χ1v) is 12.1. The van der Waals surface area contributed by atoms with Gasteiger partial charge in [0.05, 0.1) is 36.1 Å². The fourth-order valence-corrected chi connectivity index (χ4v) is 4.72. The topological polar surface area (TPSA) is 69.6 Å². The van der Waals surface area contributed by atoms with Crippen LogP contribution in [-0.4, -0.2) is 43.0 Å². The number of halogens is 1. The van der Waals surface area contributed by atoms with Crippen molar-refractivity contribution in [3.63, 3.8) is 0 Å². The molecule has 0 saturated carbocycles. The number of benzene rings is 2. The van der Waals surface area contributed by atoms with Crippen molar-refractivity contribution in [2.45, 2.75) is 19.9 Å². The van der Waals surface area contributed by atoms with Gasteiger partial charge in [-0.25, -0.2) is 9.79 Å². The van der Waals surface area contributed by atoms with E-state index in [9.17, 15) is 4.79 Å². The van der Waals surface area contributed by atoms with E-state index in [2.05, 4.69) is 4.99 Å². The highest BCUT2D eigenvalue weighted by Gasteiger charge is 2.37. The summed E-state index contributed by atoms with van der Waals surface area (Å²) >= 11 is 7.63. The third-order valence-electron chi connectivity index (χ3n) is 5.25. The maximum atomic E-state index is 12.8. The van der Waals surface area contributed by atoms with Gasteiger partial charge in [0, 0.05) is 6.20 Å². The number of aliphatic imine (C=N–C) groups is 1. The van der Waals surface area contributed by atoms with E-state index in [1.54, 1.807) is 26.2 Å². The van der Waals surface area contributed by atoms with Gasteiger partial charge in [-0.3, -0.25) is 0 Å². The molecule has 2 aliphatic heterocycles. The van der Waals surface area contributed by atoms with Gasteiger partial charge in [-0.1, -0.05) is 41.6 Å². The average molecular weight is 501 g/mol. The highest BCUT2D eigenvalue weighted by Crippen LogP contribution is 2.43. The minimum Gasteiger partial charge on any atom is -0.493 e. The number of esters is 1. The Labute approximate surface area is 208 Å². The van der Waals surface area contributed by atoms with Gasteiger partial charge in [0.15, 0.2) is 16.7 Å². The van der Waals surface area contributed by atoms with Crippen LogP contribution in [0, 0.1) is 0 Å². The van der Waals surface area contributed by atoms with Crippen LogP contribution in [0.4, 0.5) is 0 Å². The Balaban J connectivity index is 1.53. The zero-order chi connectivity index (χ0) is 24.1. The standard InChI is InChI=1S/C25H25ClN2O5S/c1-4-31-24(29)22-16(2)27-25-28(11-14-34-25)23(22)17-9-10-20(21(15-17)30-3)33-13-12-32-19-8-6-5-7-18(19)26/h5-11,14-15,23H,4,12-13H2,1-3H3/t23-/m0/s1. The maximum Gasteiger partial charge on any atom is 0.338 e. The number of carbonyl (C=O) groups excluding carboxylic acids is 1. The van der Waals surface area contributed by atoms with E-state index >= 15 is 0 Å². The predicted octanol–water partition coefficient (Wildman–Crippen LogP) is 5.57. The lowest BCUT2D eigenvalue weighted by Crippen LogP contribution is -2.34. The molecule has 0 aliphatic carbocycles. The molecule has 0 aromatic heterocycles. The molecule has 0 amide bonds. The third kappa shape index (κ3) is 5.03. The Hall–Kier alpha value is -3.10. The molecule has 178 valence electrons. The SMILES string of the molecule is CCOC(=O)C1=C(C)N=C2SC=CN2[C@H]1c1ccc(OCCOc2ccccc2Cl)c(OC)c1. The van der Waals surface area contributed by atoms with Gasteiger partial charge in [0.2, 0.25) is 0 Å². The molecule has 0 spiro atoms. The van der Waals surface area contributed by atoms with Crippen molar-refractivity contribution in [1.29, 1.82) is 0 Å². The molecule has 0 radical (unpaired) electrons. The normalized spacial score (nSPS) is 16.8. The summed E-state index contributed by atoms with van der Waals surface area (Å²) in [6, 6.07) is 12.5. The van der Waals surface area contributed by atoms with Gasteiger partial charge in [-0.05, 0) is 49.1 Å². The molecule has 7 nitrogen and oxygen atoms in total. The number of nitrogens with zero attached hydrogens (tertiary/aromatic N) is 2. The number of para-hydroxylation sites is 1. The number of fused-ring (bicyclic) bond motifs is 1. The van der Waals surface area contributed by atoms with Crippen molar-refractivity contribution in [2.75, 3.05) is 26.9 Å². The van der Waals surface area contributed by atoms with E-state index in [4.69, 9.17) is 30.5 Å². The molecule has 4 rings (SSSR count). The number of thioether (sulfide) groups is 1. The molecule has 2 aromatic carbocycles. The molecule has 0 fully saturated rings. The fourth-order valence-electron chi connectivity index (χ4n) is 3.74. The molecule has 0 saturated heterocycles. The van der Waals surface area contributed by atoms with Gasteiger partial charge >= 0.3 is 5.97 Å². The molecule has 0 unspecified atom stereocenters. The number of carbonyl (C=O) groups is 1. The summed E-state index contributed by atoms with van der Waals surface area (Å²) in [6.07, 6.45) is 1.92. The predicted molar refractivity (Wildman–Crippen MR) is 134 cm³/mol. The fraction of sp³-hybridized carbons (Fsp3) is 0.280. The van der Waals surface area contributed by atoms with Crippen LogP contribution in [0.2, 0.25) is 5.02 Å². The van der Waals surface area contributed by atoms with E-state index in [-0.39, 0.29) is 18.6 Å². The van der Waals surface area contributed by atoms with Gasteiger partial charge < -0.3 is 23.8 Å². The first-order valence-electron chi connectivity index (χ1n) is 10.8. The van der Waals surface area contributed by atoms with Crippen molar-refractivity contribution in [1.82, 2.24) is 4.90 Å². The summed E-state index contributed by atoms with van der Waals surface area (Å²) < 4.78 is 22.5. The van der Waals surface area contributed by atoms with E-state index in [1.807, 2.05) is 53.8 Å². The van der Waals surface area contributed by atoms with Crippen LogP contribution in [0.15, 0.2) is 70.3 Å². The molecule has 9 heteroatoms. The third-order valence-corrected chi connectivity index (χ3v) is 6.34. The van der Waals surface area contributed by atoms with Gasteiger partial charge in [-0.15, -0.1) is 0 Å². The summed E-state index contributed by atoms with van der Waals surface area (Å²) in [6.45, 7) is 4.53. The zero-order valence-corrected chi connectivity index (χ0v) is 20.7. The number of amidine groups is 1. The molecule has 2 aliphatic rings. The van der Waals surface area contributed by atoms with Crippen molar-refractivity contribution < 1.29 is 23.7 Å².